The predicted octanol–water partition coefficient (Wildman–Crippen LogP) is 4.09. The van der Waals surface area contributed by atoms with Crippen molar-refractivity contribution in [1.82, 2.24) is 10.3 Å². The Kier molecular flexibility index (Phi) is 6.27. The lowest BCUT2D eigenvalue weighted by Crippen LogP contribution is -2.34. The first-order chi connectivity index (χ1) is 12.6. The van der Waals surface area contributed by atoms with Gasteiger partial charge in [-0.2, -0.15) is 0 Å². The zero-order valence-electron chi connectivity index (χ0n) is 15.7. The standard InChI is InChI=1S/C20H27N3O2S/c1-13(16-5-4-10-21-12-16)11-18(24)22-20-23-19(14(2)26-20)15-6-8-17(25-3)9-7-15/h6-9,13,16,21H,4-5,10-12H2,1-3H3,(H,22,23,24). The summed E-state index contributed by atoms with van der Waals surface area (Å²) in [6.45, 7) is 6.32. The monoisotopic (exact) mass is 373 g/mol. The van der Waals surface area contributed by atoms with Crippen LogP contribution in [-0.4, -0.2) is 31.1 Å². The SMILES string of the molecule is COc1ccc(-c2nc(NC(=O)CC(C)C3CCCNC3)sc2C)cc1. The average Bonchev–Trinajstić information content (AvgIpc) is 3.02. The summed E-state index contributed by atoms with van der Waals surface area (Å²) in [7, 11) is 1.65. The van der Waals surface area contributed by atoms with Crippen LogP contribution in [0.1, 0.15) is 31.1 Å². The van der Waals surface area contributed by atoms with Crippen molar-refractivity contribution in [2.75, 3.05) is 25.5 Å². The topological polar surface area (TPSA) is 63.2 Å². The number of amides is 1. The molecule has 1 aromatic heterocycles. The molecule has 1 fully saturated rings. The maximum Gasteiger partial charge on any atom is 0.226 e. The second-order valence-corrected chi connectivity index (χ2v) is 8.19. The van der Waals surface area contributed by atoms with Crippen LogP contribution in [0.5, 0.6) is 5.75 Å². The van der Waals surface area contributed by atoms with Crippen LogP contribution < -0.4 is 15.4 Å². The fourth-order valence-corrected chi connectivity index (χ4v) is 4.31. The number of aryl methyl sites for hydroxylation is 1. The lowest BCUT2D eigenvalue weighted by molar-refractivity contribution is -0.117. The molecule has 6 heteroatoms. The molecule has 140 valence electrons. The Morgan fingerprint density at radius 2 is 2.19 bits per heavy atom. The Balaban J connectivity index is 1.61. The number of ether oxygens (including phenoxy) is 1. The van der Waals surface area contributed by atoms with E-state index in [4.69, 9.17) is 4.74 Å². The summed E-state index contributed by atoms with van der Waals surface area (Å²) in [5, 5.41) is 7.09. The Morgan fingerprint density at radius 1 is 1.42 bits per heavy atom. The summed E-state index contributed by atoms with van der Waals surface area (Å²) in [6, 6.07) is 7.83. The molecule has 3 rings (SSSR count). The molecule has 0 bridgehead atoms. The number of rotatable bonds is 6. The van der Waals surface area contributed by atoms with E-state index in [0.717, 1.165) is 35.0 Å². The Morgan fingerprint density at radius 3 is 2.85 bits per heavy atom. The molecule has 2 atom stereocenters. The number of carbonyl (C=O) groups excluding carboxylic acids is 1. The number of benzene rings is 1. The summed E-state index contributed by atoms with van der Waals surface area (Å²) in [5.74, 6) is 1.84. The maximum atomic E-state index is 12.4. The van der Waals surface area contributed by atoms with Crippen molar-refractivity contribution in [1.29, 1.82) is 0 Å². The molecule has 1 aliphatic heterocycles. The molecule has 2 heterocycles. The molecule has 5 nitrogen and oxygen atoms in total. The van der Waals surface area contributed by atoms with E-state index in [1.54, 1.807) is 7.11 Å². The molecule has 1 aromatic carbocycles. The third-order valence-corrected chi connectivity index (χ3v) is 5.94. The van der Waals surface area contributed by atoms with Crippen molar-refractivity contribution in [3.63, 3.8) is 0 Å². The first-order valence-corrected chi connectivity index (χ1v) is 10.0. The second kappa shape index (κ2) is 8.64. The fourth-order valence-electron chi connectivity index (χ4n) is 3.46. The van der Waals surface area contributed by atoms with Crippen LogP contribution >= 0.6 is 11.3 Å². The first kappa shape index (κ1) is 18.9. The van der Waals surface area contributed by atoms with Gasteiger partial charge in [0.2, 0.25) is 5.91 Å². The minimum Gasteiger partial charge on any atom is -0.497 e. The molecule has 0 radical (unpaired) electrons. The number of methoxy groups -OCH3 is 1. The highest BCUT2D eigenvalue weighted by Gasteiger charge is 2.22. The summed E-state index contributed by atoms with van der Waals surface area (Å²) in [6.07, 6.45) is 2.95. The van der Waals surface area contributed by atoms with Gasteiger partial charge in [0.05, 0.1) is 12.8 Å². The first-order valence-electron chi connectivity index (χ1n) is 9.19. The zero-order valence-corrected chi connectivity index (χ0v) is 16.5. The van der Waals surface area contributed by atoms with E-state index >= 15 is 0 Å². The van der Waals surface area contributed by atoms with Crippen LogP contribution in [0.25, 0.3) is 11.3 Å². The number of piperidine rings is 1. The molecule has 1 amide bonds. The van der Waals surface area contributed by atoms with Crippen molar-refractivity contribution < 1.29 is 9.53 Å². The van der Waals surface area contributed by atoms with Gasteiger partial charge in [-0.15, -0.1) is 11.3 Å². The second-order valence-electron chi connectivity index (χ2n) is 6.99. The molecule has 2 aromatic rings. The highest BCUT2D eigenvalue weighted by molar-refractivity contribution is 7.16. The largest absolute Gasteiger partial charge is 0.497 e. The van der Waals surface area contributed by atoms with E-state index in [1.807, 2.05) is 31.2 Å². The van der Waals surface area contributed by atoms with E-state index in [9.17, 15) is 4.79 Å². The van der Waals surface area contributed by atoms with Gasteiger partial charge in [-0.1, -0.05) is 6.92 Å². The van der Waals surface area contributed by atoms with Gasteiger partial charge < -0.3 is 15.4 Å². The quantitative estimate of drug-likeness (QED) is 0.800. The van der Waals surface area contributed by atoms with E-state index in [0.29, 0.717) is 23.4 Å². The fraction of sp³-hybridized carbons (Fsp3) is 0.500. The van der Waals surface area contributed by atoms with E-state index in [1.165, 1.54) is 24.2 Å². The van der Waals surface area contributed by atoms with Crippen LogP contribution in [0.3, 0.4) is 0 Å². The van der Waals surface area contributed by atoms with Gasteiger partial charge in [-0.3, -0.25) is 4.79 Å². The molecule has 1 saturated heterocycles. The average molecular weight is 374 g/mol. The lowest BCUT2D eigenvalue weighted by atomic mass is 9.85. The predicted molar refractivity (Wildman–Crippen MR) is 107 cm³/mol. The van der Waals surface area contributed by atoms with Crippen LogP contribution in [0.4, 0.5) is 5.13 Å². The molecule has 0 saturated carbocycles. The van der Waals surface area contributed by atoms with Crippen molar-refractivity contribution in [3.8, 4) is 17.0 Å². The van der Waals surface area contributed by atoms with Crippen molar-refractivity contribution in [2.24, 2.45) is 11.8 Å². The number of aromatic nitrogens is 1. The van der Waals surface area contributed by atoms with Gasteiger partial charge in [0, 0.05) is 16.9 Å². The number of hydrogen-bond acceptors (Lipinski definition) is 5. The van der Waals surface area contributed by atoms with E-state index in [-0.39, 0.29) is 5.91 Å². The van der Waals surface area contributed by atoms with E-state index < -0.39 is 0 Å². The van der Waals surface area contributed by atoms with Crippen molar-refractivity contribution >= 4 is 22.4 Å². The minimum atomic E-state index is 0.0538. The third-order valence-electron chi connectivity index (χ3n) is 5.05. The Hall–Kier alpha value is -1.92. The lowest BCUT2D eigenvalue weighted by Gasteiger charge is -2.27. The molecule has 2 unspecified atom stereocenters. The maximum absolute atomic E-state index is 12.4. The highest BCUT2D eigenvalue weighted by atomic mass is 32.1. The van der Waals surface area contributed by atoms with Gasteiger partial charge in [-0.25, -0.2) is 4.98 Å². The van der Waals surface area contributed by atoms with Gasteiger partial charge in [0.15, 0.2) is 5.13 Å². The van der Waals surface area contributed by atoms with Crippen LogP contribution in [0.15, 0.2) is 24.3 Å². The number of nitrogens with zero attached hydrogens (tertiary/aromatic N) is 1. The summed E-state index contributed by atoms with van der Waals surface area (Å²) >= 11 is 1.52. The molecule has 2 N–H and O–H groups in total. The van der Waals surface area contributed by atoms with Gasteiger partial charge in [0.25, 0.3) is 0 Å². The van der Waals surface area contributed by atoms with Crippen LogP contribution in [0.2, 0.25) is 0 Å². The number of nitrogens with one attached hydrogen (secondary N) is 2. The van der Waals surface area contributed by atoms with E-state index in [2.05, 4.69) is 22.5 Å². The molecule has 0 spiro atoms. The van der Waals surface area contributed by atoms with Crippen molar-refractivity contribution in [3.05, 3.63) is 29.1 Å². The number of thiazole rings is 1. The number of hydrogen-bond donors (Lipinski definition) is 2. The summed E-state index contributed by atoms with van der Waals surface area (Å²) in [4.78, 5) is 18.1. The van der Waals surface area contributed by atoms with Gasteiger partial charge in [-0.05, 0) is 69.0 Å². The highest BCUT2D eigenvalue weighted by Crippen LogP contribution is 2.31. The molecular formula is C20H27N3O2S. The third kappa shape index (κ3) is 4.62. The van der Waals surface area contributed by atoms with Crippen LogP contribution in [-0.2, 0) is 4.79 Å². The van der Waals surface area contributed by atoms with Gasteiger partial charge in [0.1, 0.15) is 5.75 Å². The Labute approximate surface area is 159 Å². The Bertz CT molecular complexity index is 736. The number of anilines is 1. The molecule has 1 aliphatic rings. The smallest absolute Gasteiger partial charge is 0.226 e. The summed E-state index contributed by atoms with van der Waals surface area (Å²) in [5.41, 5.74) is 1.94. The number of carbonyl (C=O) groups is 1. The molecular weight excluding hydrogens is 346 g/mol. The van der Waals surface area contributed by atoms with Gasteiger partial charge >= 0.3 is 0 Å². The summed E-state index contributed by atoms with van der Waals surface area (Å²) < 4.78 is 5.20. The normalized spacial score (nSPS) is 18.3. The zero-order chi connectivity index (χ0) is 18.5. The van der Waals surface area contributed by atoms with Crippen molar-refractivity contribution in [2.45, 2.75) is 33.1 Å². The van der Waals surface area contributed by atoms with Crippen LogP contribution in [0, 0.1) is 18.8 Å². The minimum absolute atomic E-state index is 0.0538. The molecule has 26 heavy (non-hydrogen) atoms. The molecule has 0 aliphatic carbocycles.